The van der Waals surface area contributed by atoms with E-state index in [1.807, 2.05) is 0 Å². The van der Waals surface area contributed by atoms with Crippen molar-refractivity contribution in [1.82, 2.24) is 0 Å². The summed E-state index contributed by atoms with van der Waals surface area (Å²) in [7, 11) is -1.02. The summed E-state index contributed by atoms with van der Waals surface area (Å²) in [5, 5.41) is 5.41. The van der Waals surface area contributed by atoms with Gasteiger partial charge in [0.05, 0.1) is 30.5 Å². The normalized spacial score (nSPS) is 10.9. The molecule has 0 unspecified atom stereocenters. The SMILES string of the molecule is COc1ccc(NS(=O)(=O)c2ccc(NC(=S)Nc3ccc(F)cc3F)c(OC)c2)cc1. The van der Waals surface area contributed by atoms with E-state index in [0.717, 1.165) is 12.1 Å². The summed E-state index contributed by atoms with van der Waals surface area (Å²) in [6, 6.07) is 13.5. The van der Waals surface area contributed by atoms with Crippen molar-refractivity contribution >= 4 is 44.4 Å². The number of anilines is 3. The van der Waals surface area contributed by atoms with Crippen molar-refractivity contribution in [2.75, 3.05) is 29.6 Å². The maximum absolute atomic E-state index is 13.8. The smallest absolute Gasteiger partial charge is 0.262 e. The first-order valence-corrected chi connectivity index (χ1v) is 11.0. The van der Waals surface area contributed by atoms with Crippen molar-refractivity contribution in [3.8, 4) is 11.5 Å². The molecule has 0 aromatic heterocycles. The third-order valence-corrected chi connectivity index (χ3v) is 5.84. The van der Waals surface area contributed by atoms with Gasteiger partial charge in [-0.25, -0.2) is 17.2 Å². The first-order chi connectivity index (χ1) is 15.2. The van der Waals surface area contributed by atoms with Crippen molar-refractivity contribution < 1.29 is 26.7 Å². The molecule has 0 aliphatic rings. The molecule has 11 heteroatoms. The van der Waals surface area contributed by atoms with Crippen molar-refractivity contribution in [3.63, 3.8) is 0 Å². The molecular formula is C21H19F2N3O4S2. The molecule has 3 aromatic carbocycles. The molecule has 0 fully saturated rings. The average Bonchev–Trinajstić information content (AvgIpc) is 2.76. The Balaban J connectivity index is 1.76. The Kier molecular flexibility index (Phi) is 7.11. The second kappa shape index (κ2) is 9.79. The van der Waals surface area contributed by atoms with Crippen LogP contribution in [0.3, 0.4) is 0 Å². The standard InChI is InChI=1S/C21H19F2N3O4S2/c1-29-15-6-4-14(5-7-15)26-32(27,28)16-8-10-19(20(12-16)30-2)25-21(31)24-18-9-3-13(22)11-17(18)23/h3-12,26H,1-2H3,(H2,24,25,31). The predicted octanol–water partition coefficient (Wildman–Crippen LogP) is 4.59. The number of ether oxygens (including phenoxy) is 2. The van der Waals surface area contributed by atoms with E-state index in [9.17, 15) is 17.2 Å². The molecule has 0 saturated carbocycles. The molecule has 0 radical (unpaired) electrons. The molecule has 0 heterocycles. The van der Waals surface area contributed by atoms with Crippen LogP contribution in [0, 0.1) is 11.6 Å². The Morgan fingerprint density at radius 1 is 0.875 bits per heavy atom. The van der Waals surface area contributed by atoms with Gasteiger partial charge in [0.1, 0.15) is 23.1 Å². The molecule has 3 aromatic rings. The number of benzene rings is 3. The molecule has 0 bridgehead atoms. The van der Waals surface area contributed by atoms with E-state index < -0.39 is 21.7 Å². The molecule has 168 valence electrons. The Morgan fingerprint density at radius 2 is 1.53 bits per heavy atom. The summed E-state index contributed by atoms with van der Waals surface area (Å²) in [5.74, 6) is -0.748. The minimum absolute atomic E-state index is 0.000716. The van der Waals surface area contributed by atoms with E-state index in [-0.39, 0.29) is 21.4 Å². The Hall–Kier alpha value is -3.44. The van der Waals surface area contributed by atoms with Crippen molar-refractivity contribution in [1.29, 1.82) is 0 Å². The number of thiocarbonyl (C=S) groups is 1. The highest BCUT2D eigenvalue weighted by Crippen LogP contribution is 2.29. The highest BCUT2D eigenvalue weighted by molar-refractivity contribution is 7.92. The number of halogens is 2. The van der Waals surface area contributed by atoms with E-state index in [1.54, 1.807) is 24.3 Å². The minimum Gasteiger partial charge on any atom is -0.497 e. The Labute approximate surface area is 189 Å². The van der Waals surface area contributed by atoms with Crippen LogP contribution in [0.4, 0.5) is 25.8 Å². The largest absolute Gasteiger partial charge is 0.497 e. The summed E-state index contributed by atoms with van der Waals surface area (Å²) in [6.45, 7) is 0. The van der Waals surface area contributed by atoms with Crippen LogP contribution in [0.2, 0.25) is 0 Å². The van der Waals surface area contributed by atoms with Gasteiger partial charge in [0, 0.05) is 17.8 Å². The van der Waals surface area contributed by atoms with Crippen LogP contribution in [0.1, 0.15) is 0 Å². The van der Waals surface area contributed by atoms with Gasteiger partial charge in [-0.15, -0.1) is 0 Å². The molecule has 3 rings (SSSR count). The minimum atomic E-state index is -3.90. The summed E-state index contributed by atoms with van der Waals surface area (Å²) >= 11 is 5.15. The maximum Gasteiger partial charge on any atom is 0.262 e. The highest BCUT2D eigenvalue weighted by atomic mass is 32.2. The van der Waals surface area contributed by atoms with Gasteiger partial charge >= 0.3 is 0 Å². The fourth-order valence-corrected chi connectivity index (χ4v) is 3.98. The van der Waals surface area contributed by atoms with E-state index >= 15 is 0 Å². The van der Waals surface area contributed by atoms with Crippen molar-refractivity contribution in [2.24, 2.45) is 0 Å². The summed E-state index contributed by atoms with van der Waals surface area (Å²) in [5.41, 5.74) is 0.681. The van der Waals surface area contributed by atoms with Crippen LogP contribution in [0.15, 0.2) is 65.6 Å². The van der Waals surface area contributed by atoms with Crippen LogP contribution in [-0.4, -0.2) is 27.7 Å². The van der Waals surface area contributed by atoms with Crippen LogP contribution < -0.4 is 24.8 Å². The summed E-state index contributed by atoms with van der Waals surface area (Å²) < 4.78 is 65.1. The molecular weight excluding hydrogens is 460 g/mol. The Bertz CT molecular complexity index is 1240. The third kappa shape index (κ3) is 5.62. The zero-order valence-electron chi connectivity index (χ0n) is 17.0. The van der Waals surface area contributed by atoms with Gasteiger partial charge in [-0.3, -0.25) is 4.72 Å². The molecule has 0 spiro atoms. The molecule has 0 saturated heterocycles. The second-order valence-corrected chi connectivity index (χ2v) is 8.49. The van der Waals surface area contributed by atoms with Crippen LogP contribution in [-0.2, 0) is 10.0 Å². The van der Waals surface area contributed by atoms with Gasteiger partial charge in [-0.05, 0) is 60.7 Å². The fraction of sp³-hybridized carbons (Fsp3) is 0.0952. The van der Waals surface area contributed by atoms with E-state index in [1.165, 1.54) is 38.5 Å². The molecule has 0 aliphatic carbocycles. The zero-order valence-corrected chi connectivity index (χ0v) is 18.6. The number of hydrogen-bond donors (Lipinski definition) is 3. The fourth-order valence-electron chi connectivity index (χ4n) is 2.68. The number of rotatable bonds is 7. The monoisotopic (exact) mass is 479 g/mol. The van der Waals surface area contributed by atoms with Crippen LogP contribution in [0.25, 0.3) is 0 Å². The Morgan fingerprint density at radius 3 is 2.16 bits per heavy atom. The van der Waals surface area contributed by atoms with E-state index in [4.69, 9.17) is 21.7 Å². The molecule has 7 nitrogen and oxygen atoms in total. The van der Waals surface area contributed by atoms with Crippen LogP contribution >= 0.6 is 12.2 Å². The molecule has 3 N–H and O–H groups in total. The molecule has 32 heavy (non-hydrogen) atoms. The quantitative estimate of drug-likeness (QED) is 0.427. The van der Waals surface area contributed by atoms with Gasteiger partial charge in [-0.1, -0.05) is 0 Å². The van der Waals surface area contributed by atoms with Crippen LogP contribution in [0.5, 0.6) is 11.5 Å². The van der Waals surface area contributed by atoms with E-state index in [0.29, 0.717) is 17.1 Å². The second-order valence-electron chi connectivity index (χ2n) is 6.40. The summed E-state index contributed by atoms with van der Waals surface area (Å²) in [6.07, 6.45) is 0. The zero-order chi connectivity index (χ0) is 23.3. The van der Waals surface area contributed by atoms with Crippen molar-refractivity contribution in [3.05, 3.63) is 72.3 Å². The average molecular weight is 480 g/mol. The third-order valence-electron chi connectivity index (χ3n) is 4.25. The van der Waals surface area contributed by atoms with Gasteiger partial charge < -0.3 is 20.1 Å². The number of sulfonamides is 1. The first-order valence-electron chi connectivity index (χ1n) is 9.10. The van der Waals surface area contributed by atoms with Gasteiger partial charge in [0.2, 0.25) is 0 Å². The molecule has 0 amide bonds. The first kappa shape index (κ1) is 23.2. The lowest BCUT2D eigenvalue weighted by atomic mass is 10.3. The molecule has 0 atom stereocenters. The van der Waals surface area contributed by atoms with E-state index in [2.05, 4.69) is 15.4 Å². The number of methoxy groups -OCH3 is 2. The lowest BCUT2D eigenvalue weighted by molar-refractivity contribution is 0.415. The van der Waals surface area contributed by atoms with Crippen molar-refractivity contribution in [2.45, 2.75) is 4.90 Å². The topological polar surface area (TPSA) is 88.7 Å². The van der Waals surface area contributed by atoms with Gasteiger partial charge in [0.15, 0.2) is 5.11 Å². The van der Waals surface area contributed by atoms with Gasteiger partial charge in [-0.2, -0.15) is 0 Å². The summed E-state index contributed by atoms with van der Waals surface area (Å²) in [4.78, 5) is -0.0424. The maximum atomic E-state index is 13.8. The van der Waals surface area contributed by atoms with Gasteiger partial charge in [0.25, 0.3) is 10.0 Å². The molecule has 0 aliphatic heterocycles. The lowest BCUT2D eigenvalue weighted by Gasteiger charge is -2.15. The number of hydrogen-bond acceptors (Lipinski definition) is 5. The highest BCUT2D eigenvalue weighted by Gasteiger charge is 2.18. The lowest BCUT2D eigenvalue weighted by Crippen LogP contribution is -2.20. The number of nitrogens with one attached hydrogen (secondary N) is 3. The predicted molar refractivity (Wildman–Crippen MR) is 123 cm³/mol.